The van der Waals surface area contributed by atoms with E-state index in [0.29, 0.717) is 11.5 Å². The topological polar surface area (TPSA) is 59.6 Å². The zero-order valence-corrected chi connectivity index (χ0v) is 16.2. The first-order chi connectivity index (χ1) is 12.6. The number of hydrogen-bond acceptors (Lipinski definition) is 5. The molecular weight excluding hydrogens is 348 g/mol. The Morgan fingerprint density at radius 1 is 1.19 bits per heavy atom. The number of methoxy groups -OCH3 is 2. The highest BCUT2D eigenvalue weighted by Gasteiger charge is 2.33. The van der Waals surface area contributed by atoms with E-state index in [9.17, 15) is 4.79 Å². The first kappa shape index (κ1) is 17.2. The third-order valence-electron chi connectivity index (χ3n) is 5.46. The molecule has 0 radical (unpaired) electrons. The number of nitrogens with one attached hydrogen (secondary N) is 2. The van der Waals surface area contributed by atoms with Crippen LogP contribution in [0.15, 0.2) is 18.2 Å². The van der Waals surface area contributed by atoms with Crippen LogP contribution >= 0.6 is 11.3 Å². The highest BCUT2D eigenvalue weighted by molar-refractivity contribution is 7.16. The van der Waals surface area contributed by atoms with Crippen LogP contribution in [0.2, 0.25) is 0 Å². The number of amides is 1. The third kappa shape index (κ3) is 2.82. The number of ether oxygens (including phenoxy) is 2. The number of fused-ring (bicyclic) bond motifs is 3. The van der Waals surface area contributed by atoms with Crippen molar-refractivity contribution in [3.63, 3.8) is 0 Å². The average molecular weight is 372 g/mol. The van der Waals surface area contributed by atoms with E-state index in [1.54, 1.807) is 25.6 Å². The SMILES string of the molecule is CC[C@@H]1CCc2c(sc3c2C(=O)N[C@H](c2ccc(OC)c(OC)c2)N3)C1. The molecule has 1 aliphatic carbocycles. The van der Waals surface area contributed by atoms with Crippen molar-refractivity contribution in [3.8, 4) is 11.5 Å². The molecular formula is C20H24N2O3S. The molecule has 0 spiro atoms. The molecule has 26 heavy (non-hydrogen) atoms. The van der Waals surface area contributed by atoms with Crippen LogP contribution in [0, 0.1) is 5.92 Å². The molecule has 0 saturated carbocycles. The molecule has 0 unspecified atom stereocenters. The lowest BCUT2D eigenvalue weighted by Crippen LogP contribution is -2.38. The van der Waals surface area contributed by atoms with Gasteiger partial charge in [0.15, 0.2) is 11.5 Å². The molecule has 2 N–H and O–H groups in total. The largest absolute Gasteiger partial charge is 0.493 e. The summed E-state index contributed by atoms with van der Waals surface area (Å²) >= 11 is 1.75. The van der Waals surface area contributed by atoms with Gasteiger partial charge in [-0.3, -0.25) is 4.79 Å². The van der Waals surface area contributed by atoms with Crippen molar-refractivity contribution in [2.45, 2.75) is 38.8 Å². The number of anilines is 1. The van der Waals surface area contributed by atoms with Gasteiger partial charge in [0.05, 0.1) is 19.8 Å². The van der Waals surface area contributed by atoms with Crippen LogP contribution in [-0.4, -0.2) is 20.1 Å². The van der Waals surface area contributed by atoms with Crippen LogP contribution in [0.1, 0.15) is 52.3 Å². The maximum atomic E-state index is 12.8. The lowest BCUT2D eigenvalue weighted by molar-refractivity contribution is 0.0935. The van der Waals surface area contributed by atoms with E-state index in [0.717, 1.165) is 34.9 Å². The van der Waals surface area contributed by atoms with Crippen LogP contribution in [0.4, 0.5) is 5.00 Å². The van der Waals surface area contributed by atoms with Crippen LogP contribution < -0.4 is 20.1 Å². The number of hydrogen-bond donors (Lipinski definition) is 2. The van der Waals surface area contributed by atoms with Crippen molar-refractivity contribution in [1.29, 1.82) is 0 Å². The molecule has 2 heterocycles. The standard InChI is InChI=1S/C20H24N2O3S/c1-4-11-5-7-13-16(9-11)26-20-17(13)19(23)21-18(22-20)12-6-8-14(24-2)15(10-12)25-3/h6,8,10-11,18,22H,4-5,7,9H2,1-3H3,(H,21,23)/t11-,18+/m1/s1. The summed E-state index contributed by atoms with van der Waals surface area (Å²) in [4.78, 5) is 14.2. The normalized spacial score (nSPS) is 21.3. The van der Waals surface area contributed by atoms with E-state index in [1.807, 2.05) is 18.2 Å². The van der Waals surface area contributed by atoms with E-state index in [1.165, 1.54) is 23.3 Å². The number of carbonyl (C=O) groups excluding carboxylic acids is 1. The van der Waals surface area contributed by atoms with Gasteiger partial charge in [-0.1, -0.05) is 19.4 Å². The predicted molar refractivity (Wildman–Crippen MR) is 104 cm³/mol. The Kier molecular flexibility index (Phi) is 4.53. The van der Waals surface area contributed by atoms with Crippen LogP contribution in [0.3, 0.4) is 0 Å². The molecule has 1 amide bonds. The molecule has 2 aliphatic rings. The average Bonchev–Trinajstić information content (AvgIpc) is 3.05. The zero-order valence-electron chi connectivity index (χ0n) is 15.3. The summed E-state index contributed by atoms with van der Waals surface area (Å²) in [6.45, 7) is 2.25. The molecule has 2 aromatic rings. The molecule has 0 bridgehead atoms. The highest BCUT2D eigenvalue weighted by atomic mass is 32.1. The minimum atomic E-state index is -0.267. The fraction of sp³-hybridized carbons (Fsp3) is 0.450. The first-order valence-electron chi connectivity index (χ1n) is 9.08. The summed E-state index contributed by atoms with van der Waals surface area (Å²) in [6.07, 6.45) is 4.22. The van der Waals surface area contributed by atoms with Crippen LogP contribution in [-0.2, 0) is 12.8 Å². The fourth-order valence-electron chi connectivity index (χ4n) is 3.91. The molecule has 138 valence electrons. The van der Waals surface area contributed by atoms with Gasteiger partial charge in [-0.25, -0.2) is 0 Å². The van der Waals surface area contributed by atoms with Gasteiger partial charge in [-0.05, 0) is 48.4 Å². The Morgan fingerprint density at radius 2 is 2.00 bits per heavy atom. The second-order valence-corrected chi connectivity index (χ2v) is 8.00. The molecule has 0 fully saturated rings. The van der Waals surface area contributed by atoms with Crippen molar-refractivity contribution in [2.75, 3.05) is 19.5 Å². The van der Waals surface area contributed by atoms with Gasteiger partial charge in [-0.15, -0.1) is 11.3 Å². The summed E-state index contributed by atoms with van der Waals surface area (Å²) in [6, 6.07) is 5.72. The monoisotopic (exact) mass is 372 g/mol. The van der Waals surface area contributed by atoms with E-state index in [4.69, 9.17) is 9.47 Å². The van der Waals surface area contributed by atoms with Crippen LogP contribution in [0.5, 0.6) is 11.5 Å². The van der Waals surface area contributed by atoms with Gasteiger partial charge in [0.25, 0.3) is 5.91 Å². The fourth-order valence-corrected chi connectivity index (χ4v) is 5.30. The third-order valence-corrected chi connectivity index (χ3v) is 6.65. The Bertz CT molecular complexity index is 846. The van der Waals surface area contributed by atoms with Crippen molar-refractivity contribution >= 4 is 22.2 Å². The highest BCUT2D eigenvalue weighted by Crippen LogP contribution is 2.43. The summed E-state index contributed by atoms with van der Waals surface area (Å²) in [5.41, 5.74) is 3.06. The predicted octanol–water partition coefficient (Wildman–Crippen LogP) is 4.13. The lowest BCUT2D eigenvalue weighted by Gasteiger charge is -2.27. The quantitative estimate of drug-likeness (QED) is 0.847. The summed E-state index contributed by atoms with van der Waals surface area (Å²) in [5, 5.41) is 7.61. The second kappa shape index (κ2) is 6.83. The van der Waals surface area contributed by atoms with Gasteiger partial charge < -0.3 is 20.1 Å². The maximum absolute atomic E-state index is 12.8. The first-order valence-corrected chi connectivity index (χ1v) is 9.90. The number of thiophene rings is 1. The Labute approximate surface area is 157 Å². The van der Waals surface area contributed by atoms with E-state index in [-0.39, 0.29) is 12.1 Å². The molecule has 2 atom stereocenters. The van der Waals surface area contributed by atoms with Crippen LogP contribution in [0.25, 0.3) is 0 Å². The second-order valence-electron chi connectivity index (χ2n) is 6.89. The van der Waals surface area contributed by atoms with E-state index < -0.39 is 0 Å². The summed E-state index contributed by atoms with van der Waals surface area (Å²) in [5.74, 6) is 2.10. The Morgan fingerprint density at radius 3 is 2.73 bits per heavy atom. The minimum Gasteiger partial charge on any atom is -0.493 e. The molecule has 1 aliphatic heterocycles. The molecule has 4 rings (SSSR count). The van der Waals surface area contributed by atoms with Gasteiger partial charge in [0.2, 0.25) is 0 Å². The van der Waals surface area contributed by atoms with Crippen molar-refractivity contribution < 1.29 is 14.3 Å². The molecule has 5 nitrogen and oxygen atoms in total. The molecule has 1 aromatic heterocycles. The number of benzene rings is 1. The number of rotatable bonds is 4. The molecule has 6 heteroatoms. The van der Waals surface area contributed by atoms with Gasteiger partial charge >= 0.3 is 0 Å². The Balaban J connectivity index is 1.65. The maximum Gasteiger partial charge on any atom is 0.256 e. The molecule has 0 saturated heterocycles. The summed E-state index contributed by atoms with van der Waals surface area (Å²) < 4.78 is 10.7. The van der Waals surface area contributed by atoms with Crippen molar-refractivity contribution in [2.24, 2.45) is 5.92 Å². The van der Waals surface area contributed by atoms with Crippen molar-refractivity contribution in [1.82, 2.24) is 5.32 Å². The summed E-state index contributed by atoms with van der Waals surface area (Å²) in [7, 11) is 3.23. The Hall–Kier alpha value is -2.21. The van der Waals surface area contributed by atoms with Gasteiger partial charge in [0, 0.05) is 4.88 Å². The van der Waals surface area contributed by atoms with E-state index in [2.05, 4.69) is 17.6 Å². The van der Waals surface area contributed by atoms with Crippen molar-refractivity contribution in [3.05, 3.63) is 39.8 Å². The van der Waals surface area contributed by atoms with Gasteiger partial charge in [0.1, 0.15) is 11.2 Å². The molecule has 1 aromatic carbocycles. The smallest absolute Gasteiger partial charge is 0.256 e. The van der Waals surface area contributed by atoms with Gasteiger partial charge in [-0.2, -0.15) is 0 Å². The lowest BCUT2D eigenvalue weighted by atomic mass is 9.85. The van der Waals surface area contributed by atoms with E-state index >= 15 is 0 Å². The zero-order chi connectivity index (χ0) is 18.3. The number of carbonyl (C=O) groups is 1. The minimum absolute atomic E-state index is 0.0194.